The molecule has 1 aliphatic heterocycles. The number of amides is 1. The van der Waals surface area contributed by atoms with Crippen molar-refractivity contribution in [1.82, 2.24) is 19.4 Å². The lowest BCUT2D eigenvalue weighted by Crippen LogP contribution is -2.42. The third-order valence-electron chi connectivity index (χ3n) is 4.57. The molecule has 0 aromatic carbocycles. The van der Waals surface area contributed by atoms with Gasteiger partial charge in [-0.05, 0) is 26.2 Å². The summed E-state index contributed by atoms with van der Waals surface area (Å²) in [6.07, 6.45) is 3.00. The molecule has 136 valence electrons. The molecule has 0 radical (unpaired) electrons. The number of hydrogen-bond acceptors (Lipinski definition) is 6. The maximum absolute atomic E-state index is 12.5. The Kier molecular flexibility index (Phi) is 4.94. The molecule has 1 aliphatic rings. The van der Waals surface area contributed by atoms with E-state index in [4.69, 9.17) is 0 Å². The quantitative estimate of drug-likeness (QED) is 0.841. The lowest BCUT2D eigenvalue weighted by atomic mass is 10.2. The number of hydrogen-bond donors (Lipinski definition) is 1. The molecule has 9 heteroatoms. The van der Waals surface area contributed by atoms with Crippen molar-refractivity contribution in [3.8, 4) is 0 Å². The van der Waals surface area contributed by atoms with Gasteiger partial charge in [0.15, 0.2) is 10.8 Å². The van der Waals surface area contributed by atoms with Crippen molar-refractivity contribution >= 4 is 32.7 Å². The monoisotopic (exact) mass is 365 g/mol. The zero-order valence-electron chi connectivity index (χ0n) is 14.7. The van der Waals surface area contributed by atoms with Crippen LogP contribution in [0.1, 0.15) is 33.1 Å². The second kappa shape index (κ2) is 6.99. The molecule has 0 saturated carbocycles. The molecule has 0 aliphatic carbocycles. The predicted molar refractivity (Wildman–Crippen MR) is 98.5 cm³/mol. The van der Waals surface area contributed by atoms with E-state index >= 15 is 0 Å². The SMILES string of the molecule is CCC(C)NC(=O)Cn1c(=O)n(C)c(=O)c2sc(N3CCCC3)nc21. The van der Waals surface area contributed by atoms with Gasteiger partial charge in [-0.2, -0.15) is 0 Å². The fourth-order valence-corrected chi connectivity index (χ4v) is 3.98. The lowest BCUT2D eigenvalue weighted by molar-refractivity contribution is -0.122. The maximum Gasteiger partial charge on any atom is 0.332 e. The minimum absolute atomic E-state index is 0.0295. The van der Waals surface area contributed by atoms with Gasteiger partial charge in [0.1, 0.15) is 11.2 Å². The summed E-state index contributed by atoms with van der Waals surface area (Å²) in [5.41, 5.74) is -0.573. The number of thiazole rings is 1. The Morgan fingerprint density at radius 2 is 2.00 bits per heavy atom. The van der Waals surface area contributed by atoms with Crippen LogP contribution < -0.4 is 21.5 Å². The van der Waals surface area contributed by atoms with Crippen LogP contribution in [0.4, 0.5) is 5.13 Å². The number of carbonyl (C=O) groups excluding carboxylic acids is 1. The van der Waals surface area contributed by atoms with E-state index in [0.29, 0.717) is 10.3 Å². The largest absolute Gasteiger partial charge is 0.352 e. The second-order valence-corrected chi connectivity index (χ2v) is 7.43. The van der Waals surface area contributed by atoms with E-state index in [1.807, 2.05) is 13.8 Å². The van der Waals surface area contributed by atoms with Crippen molar-refractivity contribution in [2.75, 3.05) is 18.0 Å². The zero-order valence-corrected chi connectivity index (χ0v) is 15.6. The molecule has 1 unspecified atom stereocenters. The highest BCUT2D eigenvalue weighted by Gasteiger charge is 2.22. The summed E-state index contributed by atoms with van der Waals surface area (Å²) in [5.74, 6) is -0.257. The molecule has 2 aromatic heterocycles. The Balaban J connectivity index is 2.05. The van der Waals surface area contributed by atoms with Crippen molar-refractivity contribution in [1.29, 1.82) is 0 Å². The van der Waals surface area contributed by atoms with E-state index in [-0.39, 0.29) is 24.1 Å². The third-order valence-corrected chi connectivity index (χ3v) is 5.66. The van der Waals surface area contributed by atoms with Gasteiger partial charge in [0, 0.05) is 26.2 Å². The van der Waals surface area contributed by atoms with Gasteiger partial charge in [0.05, 0.1) is 0 Å². The van der Waals surface area contributed by atoms with Crippen LogP contribution >= 0.6 is 11.3 Å². The predicted octanol–water partition coefficient (Wildman–Crippen LogP) is 0.672. The Bertz CT molecular complexity index is 907. The van der Waals surface area contributed by atoms with Crippen molar-refractivity contribution in [3.63, 3.8) is 0 Å². The van der Waals surface area contributed by atoms with Gasteiger partial charge in [0.25, 0.3) is 5.56 Å². The Morgan fingerprint density at radius 3 is 2.64 bits per heavy atom. The van der Waals surface area contributed by atoms with Gasteiger partial charge in [0.2, 0.25) is 5.91 Å². The van der Waals surface area contributed by atoms with E-state index in [9.17, 15) is 14.4 Å². The molecule has 25 heavy (non-hydrogen) atoms. The van der Waals surface area contributed by atoms with E-state index in [1.165, 1.54) is 23.0 Å². The van der Waals surface area contributed by atoms with Gasteiger partial charge in [-0.3, -0.25) is 18.7 Å². The minimum atomic E-state index is -0.518. The summed E-state index contributed by atoms with van der Waals surface area (Å²) >= 11 is 1.29. The maximum atomic E-state index is 12.5. The van der Waals surface area contributed by atoms with Gasteiger partial charge >= 0.3 is 5.69 Å². The molecule has 1 fully saturated rings. The summed E-state index contributed by atoms with van der Waals surface area (Å²) < 4.78 is 2.76. The van der Waals surface area contributed by atoms with Crippen LogP contribution in [0.25, 0.3) is 10.3 Å². The lowest BCUT2D eigenvalue weighted by Gasteiger charge is -2.13. The number of anilines is 1. The molecule has 1 N–H and O–H groups in total. The van der Waals surface area contributed by atoms with Crippen LogP contribution in [0.2, 0.25) is 0 Å². The molecule has 8 nitrogen and oxygen atoms in total. The highest BCUT2D eigenvalue weighted by Crippen LogP contribution is 2.28. The van der Waals surface area contributed by atoms with E-state index < -0.39 is 5.69 Å². The molecular weight excluding hydrogens is 342 g/mol. The summed E-state index contributed by atoms with van der Waals surface area (Å²) in [6.45, 7) is 5.55. The molecule has 0 spiro atoms. The first-order chi connectivity index (χ1) is 11.9. The highest BCUT2D eigenvalue weighted by molar-refractivity contribution is 7.22. The summed E-state index contributed by atoms with van der Waals surface area (Å²) in [7, 11) is 1.43. The van der Waals surface area contributed by atoms with Crippen molar-refractivity contribution in [3.05, 3.63) is 20.8 Å². The van der Waals surface area contributed by atoms with Crippen LogP contribution in [0.15, 0.2) is 9.59 Å². The van der Waals surface area contributed by atoms with Gasteiger partial charge in [-0.1, -0.05) is 18.3 Å². The van der Waals surface area contributed by atoms with Crippen LogP contribution in [0, 0.1) is 0 Å². The van der Waals surface area contributed by atoms with Gasteiger partial charge < -0.3 is 10.2 Å². The van der Waals surface area contributed by atoms with Crippen molar-refractivity contribution < 1.29 is 4.79 Å². The molecule has 3 rings (SSSR count). The zero-order chi connectivity index (χ0) is 18.1. The molecular formula is C16H23N5O3S. The average molecular weight is 365 g/mol. The number of fused-ring (bicyclic) bond motifs is 1. The summed E-state index contributed by atoms with van der Waals surface area (Å²) in [5, 5.41) is 3.59. The molecule has 3 heterocycles. The molecule has 1 atom stereocenters. The van der Waals surface area contributed by atoms with Gasteiger partial charge in [-0.25, -0.2) is 9.78 Å². The fourth-order valence-electron chi connectivity index (χ4n) is 2.89. The second-order valence-electron chi connectivity index (χ2n) is 6.45. The minimum Gasteiger partial charge on any atom is -0.352 e. The number of rotatable bonds is 5. The van der Waals surface area contributed by atoms with Crippen LogP contribution in [0.5, 0.6) is 0 Å². The number of nitrogens with zero attached hydrogens (tertiary/aromatic N) is 4. The number of carbonyl (C=O) groups is 1. The first kappa shape index (κ1) is 17.7. The van der Waals surface area contributed by atoms with Crippen LogP contribution in [-0.4, -0.2) is 39.2 Å². The standard InChI is InChI=1S/C16H23N5O3S/c1-4-10(2)17-11(22)9-21-13-12(14(23)19(3)16(21)24)25-15(18-13)20-7-5-6-8-20/h10H,4-9H2,1-3H3,(H,17,22). The normalized spacial score (nSPS) is 15.7. The Labute approximate surface area is 149 Å². The highest BCUT2D eigenvalue weighted by atomic mass is 32.1. The van der Waals surface area contributed by atoms with Gasteiger partial charge in [-0.15, -0.1) is 0 Å². The molecule has 2 aromatic rings. The molecule has 1 amide bonds. The molecule has 1 saturated heterocycles. The Morgan fingerprint density at radius 1 is 1.32 bits per heavy atom. The fraction of sp³-hybridized carbons (Fsp3) is 0.625. The van der Waals surface area contributed by atoms with E-state index in [2.05, 4.69) is 15.2 Å². The summed E-state index contributed by atoms with van der Waals surface area (Å²) in [4.78, 5) is 43.9. The van der Waals surface area contributed by atoms with E-state index in [0.717, 1.165) is 42.1 Å². The molecule has 0 bridgehead atoms. The topological polar surface area (TPSA) is 89.2 Å². The number of nitrogens with one attached hydrogen (secondary N) is 1. The van der Waals surface area contributed by atoms with Crippen LogP contribution in [0.3, 0.4) is 0 Å². The first-order valence-corrected chi connectivity index (χ1v) is 9.38. The van der Waals surface area contributed by atoms with E-state index in [1.54, 1.807) is 0 Å². The van der Waals surface area contributed by atoms with Crippen molar-refractivity contribution in [2.45, 2.75) is 45.7 Å². The third kappa shape index (κ3) is 3.33. The average Bonchev–Trinajstić information content (AvgIpc) is 3.25. The smallest absolute Gasteiger partial charge is 0.332 e. The Hall–Kier alpha value is -2.16. The van der Waals surface area contributed by atoms with Crippen LogP contribution in [-0.2, 0) is 18.4 Å². The summed E-state index contributed by atoms with van der Waals surface area (Å²) in [6, 6.07) is 0.0295. The number of aromatic nitrogens is 3. The first-order valence-electron chi connectivity index (χ1n) is 8.57. The van der Waals surface area contributed by atoms with Crippen molar-refractivity contribution in [2.24, 2.45) is 7.05 Å².